The average Bonchev–Trinajstić information content (AvgIpc) is 3.75. The molecule has 14 rings (SSSR count). The molecule has 1 heteroatoms. The SMILES string of the molecule is c1ccc(-c2ccc3ccc(-c4ccc5ccc6c(-c7ccc8c(c7)oc7ccc(-c9ccc%10ccc%11ccc%12ccccc%12c%11c%10c9)cc78)cc7ccccc7c6c5c4)cc3c2)cc1. The summed E-state index contributed by atoms with van der Waals surface area (Å²) in [5.74, 6) is 0. The first kappa shape index (κ1) is 36.0. The lowest BCUT2D eigenvalue weighted by molar-refractivity contribution is 0.669. The number of rotatable bonds is 4. The zero-order valence-electron chi connectivity index (χ0n) is 35.3. The number of fused-ring (bicyclic) bond motifs is 14. The molecule has 1 heterocycles. The molecule has 0 unspecified atom stereocenters. The van der Waals surface area contributed by atoms with Crippen LogP contribution >= 0.6 is 0 Å². The molecule has 1 nitrogen and oxygen atoms in total. The Kier molecular flexibility index (Phi) is 7.75. The lowest BCUT2D eigenvalue weighted by Gasteiger charge is -2.15. The second-order valence-corrected chi connectivity index (χ2v) is 17.6. The molecule has 14 aromatic rings. The molecule has 1 aromatic heterocycles. The minimum Gasteiger partial charge on any atom is -0.456 e. The molecule has 0 N–H and O–H groups in total. The van der Waals surface area contributed by atoms with Crippen LogP contribution in [-0.2, 0) is 0 Å². The van der Waals surface area contributed by atoms with Crippen LogP contribution in [-0.4, -0.2) is 0 Å². The van der Waals surface area contributed by atoms with Crippen LogP contribution in [0.3, 0.4) is 0 Å². The summed E-state index contributed by atoms with van der Waals surface area (Å²) in [6.45, 7) is 0. The van der Waals surface area contributed by atoms with Gasteiger partial charge >= 0.3 is 0 Å². The topological polar surface area (TPSA) is 13.1 Å². The molecular formula is C64H38O. The van der Waals surface area contributed by atoms with Crippen LogP contribution < -0.4 is 0 Å². The Bertz CT molecular complexity index is 4280. The van der Waals surface area contributed by atoms with Crippen LogP contribution in [0.4, 0.5) is 0 Å². The van der Waals surface area contributed by atoms with Gasteiger partial charge in [0.15, 0.2) is 0 Å². The molecule has 0 spiro atoms. The Morgan fingerprint density at radius 2 is 0.692 bits per heavy atom. The van der Waals surface area contributed by atoms with Crippen LogP contribution in [0.15, 0.2) is 235 Å². The average molecular weight is 823 g/mol. The first-order valence-electron chi connectivity index (χ1n) is 22.5. The predicted molar refractivity (Wildman–Crippen MR) is 278 cm³/mol. The van der Waals surface area contributed by atoms with E-state index in [4.69, 9.17) is 4.42 Å². The zero-order chi connectivity index (χ0) is 42.6. The van der Waals surface area contributed by atoms with Gasteiger partial charge in [-0.15, -0.1) is 0 Å². The lowest BCUT2D eigenvalue weighted by Crippen LogP contribution is -1.88. The highest BCUT2D eigenvalue weighted by Crippen LogP contribution is 2.43. The van der Waals surface area contributed by atoms with Crippen molar-refractivity contribution < 1.29 is 4.42 Å². The Balaban J connectivity index is 0.889. The first-order chi connectivity index (χ1) is 32.2. The largest absolute Gasteiger partial charge is 0.456 e. The normalized spacial score (nSPS) is 12.0. The van der Waals surface area contributed by atoms with Gasteiger partial charge in [-0.3, -0.25) is 0 Å². The van der Waals surface area contributed by atoms with Gasteiger partial charge < -0.3 is 4.42 Å². The van der Waals surface area contributed by atoms with Crippen molar-refractivity contribution >= 4 is 97.3 Å². The van der Waals surface area contributed by atoms with Gasteiger partial charge in [0.2, 0.25) is 0 Å². The summed E-state index contributed by atoms with van der Waals surface area (Å²) in [6, 6.07) is 85.0. The van der Waals surface area contributed by atoms with E-state index in [9.17, 15) is 0 Å². The molecule has 0 saturated carbocycles. The van der Waals surface area contributed by atoms with Crippen molar-refractivity contribution in [1.29, 1.82) is 0 Å². The van der Waals surface area contributed by atoms with E-state index in [0.29, 0.717) is 0 Å². The molecule has 65 heavy (non-hydrogen) atoms. The van der Waals surface area contributed by atoms with Gasteiger partial charge in [-0.2, -0.15) is 0 Å². The fraction of sp³-hybridized carbons (Fsp3) is 0. The summed E-state index contributed by atoms with van der Waals surface area (Å²) in [6.07, 6.45) is 0. The minimum absolute atomic E-state index is 0.890. The molecule has 0 aliphatic rings. The van der Waals surface area contributed by atoms with Crippen LogP contribution in [0.5, 0.6) is 0 Å². The highest BCUT2D eigenvalue weighted by Gasteiger charge is 2.16. The fourth-order valence-electron chi connectivity index (χ4n) is 10.7. The van der Waals surface area contributed by atoms with Gasteiger partial charge in [-0.1, -0.05) is 176 Å². The highest BCUT2D eigenvalue weighted by atomic mass is 16.3. The molecular weight excluding hydrogens is 785 g/mol. The number of benzene rings is 13. The molecule has 0 fully saturated rings. The third kappa shape index (κ3) is 5.73. The van der Waals surface area contributed by atoms with Crippen molar-refractivity contribution in [3.05, 3.63) is 231 Å². The standard InChI is InChI=1S/C64H38O/c1-2-8-39(9-3-1)45-22-14-40-15-23-46(33-52(40)32-45)47-24-19-43-26-30-56-57(37-50-11-5-7-13-54(50)64(56)59(43)35-47)51-27-29-55-60-36-49(28-31-61(60)65-62(55)38-51)48-25-18-42-17-21-44-20-16-41-10-4-6-12-53(41)63(44)58(42)34-48/h1-38H. The van der Waals surface area contributed by atoms with Crippen LogP contribution in [0.25, 0.3) is 142 Å². The zero-order valence-corrected chi connectivity index (χ0v) is 35.3. The summed E-state index contributed by atoms with van der Waals surface area (Å²) in [7, 11) is 0. The molecule has 0 amide bonds. The van der Waals surface area contributed by atoms with Crippen molar-refractivity contribution in [3.8, 4) is 44.5 Å². The van der Waals surface area contributed by atoms with Crippen molar-refractivity contribution in [3.63, 3.8) is 0 Å². The molecule has 0 bridgehead atoms. The van der Waals surface area contributed by atoms with Gasteiger partial charge in [0, 0.05) is 10.8 Å². The Morgan fingerprint density at radius 3 is 1.43 bits per heavy atom. The van der Waals surface area contributed by atoms with Crippen LogP contribution in [0, 0.1) is 0 Å². The van der Waals surface area contributed by atoms with E-state index in [-0.39, 0.29) is 0 Å². The molecule has 0 saturated heterocycles. The predicted octanol–water partition coefficient (Wildman–Crippen LogP) is 18.3. The second kappa shape index (κ2) is 14.0. The van der Waals surface area contributed by atoms with Crippen molar-refractivity contribution in [1.82, 2.24) is 0 Å². The molecule has 13 aromatic carbocycles. The number of hydrogen-bond donors (Lipinski definition) is 0. The summed E-state index contributed by atoms with van der Waals surface area (Å²) in [5.41, 5.74) is 11.4. The van der Waals surface area contributed by atoms with E-state index in [2.05, 4.69) is 231 Å². The van der Waals surface area contributed by atoms with Gasteiger partial charge in [-0.25, -0.2) is 0 Å². The van der Waals surface area contributed by atoms with Crippen molar-refractivity contribution in [2.24, 2.45) is 0 Å². The summed E-state index contributed by atoms with van der Waals surface area (Å²) >= 11 is 0. The highest BCUT2D eigenvalue weighted by molar-refractivity contribution is 6.25. The number of hydrogen-bond acceptors (Lipinski definition) is 1. The van der Waals surface area contributed by atoms with Crippen LogP contribution in [0.1, 0.15) is 0 Å². The van der Waals surface area contributed by atoms with E-state index < -0.39 is 0 Å². The third-order valence-electron chi connectivity index (χ3n) is 14.0. The lowest BCUT2D eigenvalue weighted by atomic mass is 9.89. The molecule has 0 radical (unpaired) electrons. The van der Waals surface area contributed by atoms with Gasteiger partial charge in [-0.05, 0) is 175 Å². The maximum atomic E-state index is 6.68. The summed E-state index contributed by atoms with van der Waals surface area (Å²) in [4.78, 5) is 0. The maximum absolute atomic E-state index is 6.68. The molecule has 0 aliphatic carbocycles. The number of furan rings is 1. The van der Waals surface area contributed by atoms with Crippen LogP contribution in [0.2, 0.25) is 0 Å². The van der Waals surface area contributed by atoms with Crippen molar-refractivity contribution in [2.45, 2.75) is 0 Å². The smallest absolute Gasteiger partial charge is 0.136 e. The quantitative estimate of drug-likeness (QED) is 0.161. The van der Waals surface area contributed by atoms with E-state index in [1.807, 2.05) is 0 Å². The van der Waals surface area contributed by atoms with E-state index in [0.717, 1.165) is 27.5 Å². The fourth-order valence-corrected chi connectivity index (χ4v) is 10.7. The Labute approximate surface area is 375 Å². The van der Waals surface area contributed by atoms with Gasteiger partial charge in [0.1, 0.15) is 11.2 Å². The molecule has 0 atom stereocenters. The maximum Gasteiger partial charge on any atom is 0.136 e. The minimum atomic E-state index is 0.890. The van der Waals surface area contributed by atoms with E-state index >= 15 is 0 Å². The monoisotopic (exact) mass is 822 g/mol. The Hall–Kier alpha value is -8.52. The second-order valence-electron chi connectivity index (χ2n) is 17.6. The van der Waals surface area contributed by atoms with E-state index in [1.165, 1.54) is 114 Å². The summed E-state index contributed by atoms with van der Waals surface area (Å²) in [5, 5.41) is 19.8. The molecule has 0 aliphatic heterocycles. The first-order valence-corrected chi connectivity index (χ1v) is 22.5. The van der Waals surface area contributed by atoms with Gasteiger partial charge in [0.25, 0.3) is 0 Å². The van der Waals surface area contributed by atoms with E-state index in [1.54, 1.807) is 0 Å². The van der Waals surface area contributed by atoms with Crippen molar-refractivity contribution in [2.75, 3.05) is 0 Å². The third-order valence-corrected chi connectivity index (χ3v) is 14.0. The van der Waals surface area contributed by atoms with Gasteiger partial charge in [0.05, 0.1) is 0 Å². The Morgan fingerprint density at radius 1 is 0.200 bits per heavy atom. The molecule has 300 valence electrons. The summed E-state index contributed by atoms with van der Waals surface area (Å²) < 4.78 is 6.68.